The Kier molecular flexibility index (Phi) is 6.27. The van der Waals surface area contributed by atoms with Crippen molar-refractivity contribution in [1.82, 2.24) is 0 Å². The fraction of sp³-hybridized carbons (Fsp3) is 0.409. The van der Waals surface area contributed by atoms with Gasteiger partial charge < -0.3 is 0 Å². The molecular formula is C22H23IN2O8S. The van der Waals surface area contributed by atoms with Crippen LogP contribution >= 0.6 is 20.2 Å². The Morgan fingerprint density at radius 3 is 1.97 bits per heavy atom. The Morgan fingerprint density at radius 1 is 1.03 bits per heavy atom. The van der Waals surface area contributed by atoms with Crippen LogP contribution in [-0.2, 0) is 17.4 Å². The van der Waals surface area contributed by atoms with Gasteiger partial charge in [0.2, 0.25) is 0 Å². The third kappa shape index (κ3) is 4.22. The summed E-state index contributed by atoms with van der Waals surface area (Å²) >= 11 is -3.41. The quantitative estimate of drug-likeness (QED) is 0.240. The first kappa shape index (κ1) is 24.7. The van der Waals surface area contributed by atoms with Crippen molar-refractivity contribution >= 4 is 47.5 Å². The van der Waals surface area contributed by atoms with Crippen LogP contribution in [-0.4, -0.2) is 29.8 Å². The van der Waals surface area contributed by atoms with Gasteiger partial charge in [0.1, 0.15) is 0 Å². The fourth-order valence-corrected chi connectivity index (χ4v) is 13.0. The maximum atomic E-state index is 13.4. The molecule has 2 bridgehead atoms. The van der Waals surface area contributed by atoms with E-state index in [1.54, 1.807) is 0 Å². The average Bonchev–Trinajstić information content (AvgIpc) is 3.11. The van der Waals surface area contributed by atoms with Crippen LogP contribution in [0.4, 0.5) is 11.4 Å². The summed E-state index contributed by atoms with van der Waals surface area (Å²) in [6.07, 6.45) is 1.58. The predicted molar refractivity (Wildman–Crippen MR) is 131 cm³/mol. The summed E-state index contributed by atoms with van der Waals surface area (Å²) in [6.45, 7) is 3.84. The van der Waals surface area contributed by atoms with Gasteiger partial charge >= 0.3 is 205 Å². The maximum absolute atomic E-state index is 13.4. The summed E-state index contributed by atoms with van der Waals surface area (Å²) in [5.41, 5.74) is -2.01. The molecule has 0 radical (unpaired) electrons. The molecule has 2 aliphatic carbocycles. The number of nitrogens with zero attached hydrogens (tertiary/aromatic N) is 2. The average molecular weight is 602 g/mol. The van der Waals surface area contributed by atoms with Crippen LogP contribution in [0.25, 0.3) is 0 Å². The molecule has 10 nitrogen and oxygen atoms in total. The first-order valence-electron chi connectivity index (χ1n) is 10.5. The van der Waals surface area contributed by atoms with Gasteiger partial charge in [0.05, 0.1) is 0 Å². The normalized spacial score (nSPS) is 23.6. The minimum absolute atomic E-state index is 0.0769. The standard InChI is InChI=1S/C22H23IN2O8S/c1-21(2)15-9-10-22(21,20(26)11-15)14-34(31,32)33-23(16-5-3-7-18(12-16)24(27)28)17-6-4-8-19(13-17)25(29)30/h3-8,12-13,15H,9-11,14H2,1-2H3. The molecule has 0 heterocycles. The molecule has 182 valence electrons. The third-order valence-corrected chi connectivity index (χ3v) is 14.6. The zero-order valence-electron chi connectivity index (χ0n) is 18.5. The van der Waals surface area contributed by atoms with Gasteiger partial charge in [0, 0.05) is 0 Å². The Bertz CT molecular complexity index is 1240. The van der Waals surface area contributed by atoms with Gasteiger partial charge in [-0.15, -0.1) is 0 Å². The number of nitro benzene ring substituents is 2. The molecule has 2 fully saturated rings. The Labute approximate surface area is 204 Å². The molecular weight excluding hydrogens is 579 g/mol. The van der Waals surface area contributed by atoms with E-state index in [2.05, 4.69) is 0 Å². The molecule has 0 amide bonds. The number of non-ortho nitro benzene ring substituents is 2. The molecule has 0 N–H and O–H groups in total. The Balaban J connectivity index is 1.75. The number of rotatable bonds is 8. The molecule has 0 spiro atoms. The van der Waals surface area contributed by atoms with Gasteiger partial charge in [-0.2, -0.15) is 0 Å². The number of halogens is 1. The topological polar surface area (TPSA) is 147 Å². The molecule has 2 atom stereocenters. The molecule has 0 aliphatic heterocycles. The second kappa shape index (κ2) is 8.64. The molecule has 2 aromatic carbocycles. The number of hydrogen-bond acceptors (Lipinski definition) is 8. The molecule has 2 aromatic rings. The monoisotopic (exact) mass is 602 g/mol. The van der Waals surface area contributed by atoms with Crippen LogP contribution in [0.5, 0.6) is 0 Å². The van der Waals surface area contributed by atoms with Crippen molar-refractivity contribution in [2.24, 2.45) is 16.7 Å². The van der Waals surface area contributed by atoms with E-state index < -0.39 is 56.8 Å². The Hall–Kier alpha value is -2.45. The zero-order valence-corrected chi connectivity index (χ0v) is 21.4. The van der Waals surface area contributed by atoms with E-state index in [1.165, 1.54) is 48.5 Å². The van der Waals surface area contributed by atoms with Crippen LogP contribution in [0, 0.1) is 44.1 Å². The van der Waals surface area contributed by atoms with Gasteiger partial charge in [-0.3, -0.25) is 0 Å². The van der Waals surface area contributed by atoms with Gasteiger partial charge in [0.15, 0.2) is 0 Å². The zero-order chi connectivity index (χ0) is 24.9. The summed E-state index contributed by atoms with van der Waals surface area (Å²) < 4.78 is 33.2. The number of carbonyl (C=O) groups is 1. The van der Waals surface area contributed by atoms with Crippen LogP contribution < -0.4 is 0 Å². The van der Waals surface area contributed by atoms with E-state index >= 15 is 0 Å². The second-order valence-corrected chi connectivity index (χ2v) is 15.7. The number of fused-ring (bicyclic) bond motifs is 2. The molecule has 2 saturated carbocycles. The van der Waals surface area contributed by atoms with Crippen molar-refractivity contribution in [1.29, 1.82) is 0 Å². The van der Waals surface area contributed by atoms with Gasteiger partial charge in [-0.1, -0.05) is 0 Å². The number of carbonyl (C=O) groups excluding carboxylic acids is 1. The Morgan fingerprint density at radius 2 is 1.56 bits per heavy atom. The van der Waals surface area contributed by atoms with Crippen LogP contribution in [0.2, 0.25) is 0 Å². The number of nitro groups is 2. The number of ketones is 1. The second-order valence-electron chi connectivity index (χ2n) is 9.15. The molecule has 34 heavy (non-hydrogen) atoms. The van der Waals surface area contributed by atoms with Crippen molar-refractivity contribution in [2.75, 3.05) is 5.75 Å². The first-order chi connectivity index (χ1) is 15.9. The minimum atomic E-state index is -4.27. The van der Waals surface area contributed by atoms with E-state index in [-0.39, 0.29) is 23.1 Å². The fourth-order valence-electron chi connectivity index (χ4n) is 5.12. The number of benzene rings is 2. The SMILES string of the molecule is CC1(C)C2CCC1(CS(=O)(=O)OI(c1cccc([N+](=O)[O-])c1)c1cccc([N+](=O)[O-])c1)C(=O)C2. The van der Waals surface area contributed by atoms with E-state index in [0.717, 1.165) is 6.42 Å². The predicted octanol–water partition coefficient (Wildman–Crippen LogP) is 4.71. The van der Waals surface area contributed by atoms with E-state index in [4.69, 9.17) is 2.51 Å². The van der Waals surface area contributed by atoms with Gasteiger partial charge in [0.25, 0.3) is 0 Å². The summed E-state index contributed by atoms with van der Waals surface area (Å²) in [5.74, 6) is -0.425. The third-order valence-electron chi connectivity index (χ3n) is 7.16. The van der Waals surface area contributed by atoms with E-state index in [9.17, 15) is 33.4 Å². The summed E-state index contributed by atoms with van der Waals surface area (Å²) in [4.78, 5) is 34.3. The van der Waals surface area contributed by atoms with Crippen molar-refractivity contribution in [3.05, 3.63) is 75.9 Å². The van der Waals surface area contributed by atoms with Crippen LogP contribution in [0.15, 0.2) is 48.5 Å². The van der Waals surface area contributed by atoms with Gasteiger partial charge in [-0.05, 0) is 0 Å². The van der Waals surface area contributed by atoms with Crippen molar-refractivity contribution < 1.29 is 25.6 Å². The van der Waals surface area contributed by atoms with E-state index in [0.29, 0.717) is 20.0 Å². The molecule has 2 aliphatic rings. The first-order valence-corrected chi connectivity index (χ1v) is 15.1. The van der Waals surface area contributed by atoms with Crippen LogP contribution in [0.3, 0.4) is 0 Å². The number of hydrogen-bond donors (Lipinski definition) is 0. The molecule has 0 aromatic heterocycles. The summed E-state index contributed by atoms with van der Waals surface area (Å²) in [6, 6.07) is 10.9. The summed E-state index contributed by atoms with van der Waals surface area (Å²) in [5, 5.41) is 22.6. The molecule has 12 heteroatoms. The van der Waals surface area contributed by atoms with Crippen LogP contribution in [0.1, 0.15) is 33.1 Å². The van der Waals surface area contributed by atoms with E-state index in [1.807, 2.05) is 13.8 Å². The molecule has 0 saturated heterocycles. The molecule has 4 rings (SSSR count). The summed E-state index contributed by atoms with van der Waals surface area (Å²) in [7, 11) is -4.27. The number of Topliss-reactive ketones (excluding diaryl/α,β-unsaturated/α-hetero) is 1. The molecule has 2 unspecified atom stereocenters. The van der Waals surface area contributed by atoms with Crippen molar-refractivity contribution in [3.63, 3.8) is 0 Å². The van der Waals surface area contributed by atoms with Crippen molar-refractivity contribution in [3.8, 4) is 0 Å². The van der Waals surface area contributed by atoms with Gasteiger partial charge in [-0.25, -0.2) is 0 Å². The van der Waals surface area contributed by atoms with Crippen molar-refractivity contribution in [2.45, 2.75) is 33.1 Å².